The minimum absolute atomic E-state index is 0.286. The van der Waals surface area contributed by atoms with E-state index >= 15 is 0 Å². The quantitative estimate of drug-likeness (QED) is 0.787. The summed E-state index contributed by atoms with van der Waals surface area (Å²) in [6.07, 6.45) is 3.00. The van der Waals surface area contributed by atoms with E-state index in [1.165, 1.54) is 0 Å². The van der Waals surface area contributed by atoms with Crippen molar-refractivity contribution in [1.82, 2.24) is 0 Å². The predicted molar refractivity (Wildman–Crippen MR) is 51.9 cm³/mol. The molecule has 1 unspecified atom stereocenters. The summed E-state index contributed by atoms with van der Waals surface area (Å²) in [4.78, 5) is 0. The molecule has 0 spiro atoms. The zero-order valence-corrected chi connectivity index (χ0v) is 8.40. The second-order valence-corrected chi connectivity index (χ2v) is 3.86. The topological polar surface area (TPSA) is 42.6 Å². The van der Waals surface area contributed by atoms with Crippen LogP contribution < -0.4 is 0 Å². The first-order valence-corrected chi connectivity index (χ1v) is 5.09. The third kappa shape index (κ3) is 1.83. The summed E-state index contributed by atoms with van der Waals surface area (Å²) < 4.78 is 10.5. The maximum absolute atomic E-state index is 10.1. The lowest BCUT2D eigenvalue weighted by Crippen LogP contribution is -2.22. The molecule has 0 saturated carbocycles. The highest BCUT2D eigenvalue weighted by atomic mass is 16.5. The standard InChI is InChI=1S/C11H16O3/c1-8-2-7-14-11(8)10(12)9-3-5-13-6-4-9/h2,7,9-10,12H,3-6H2,1H3. The van der Waals surface area contributed by atoms with Crippen LogP contribution in [0.2, 0.25) is 0 Å². The Hall–Kier alpha value is -0.800. The lowest BCUT2D eigenvalue weighted by Gasteiger charge is -2.25. The fourth-order valence-electron chi connectivity index (χ4n) is 1.93. The summed E-state index contributed by atoms with van der Waals surface area (Å²) >= 11 is 0. The first kappa shape index (κ1) is 9.74. The summed E-state index contributed by atoms with van der Waals surface area (Å²) in [6, 6.07) is 1.89. The van der Waals surface area contributed by atoms with Gasteiger partial charge in [0.2, 0.25) is 0 Å². The van der Waals surface area contributed by atoms with Gasteiger partial charge in [0.25, 0.3) is 0 Å². The molecule has 2 rings (SSSR count). The average molecular weight is 196 g/mol. The van der Waals surface area contributed by atoms with Crippen LogP contribution >= 0.6 is 0 Å². The van der Waals surface area contributed by atoms with E-state index in [1.807, 2.05) is 13.0 Å². The van der Waals surface area contributed by atoms with Crippen molar-refractivity contribution in [2.75, 3.05) is 13.2 Å². The summed E-state index contributed by atoms with van der Waals surface area (Å²) in [5.41, 5.74) is 1.03. The fourth-order valence-corrected chi connectivity index (χ4v) is 1.93. The molecule has 0 bridgehead atoms. The van der Waals surface area contributed by atoms with Crippen LogP contribution in [0.4, 0.5) is 0 Å². The van der Waals surface area contributed by atoms with E-state index < -0.39 is 6.10 Å². The van der Waals surface area contributed by atoms with Gasteiger partial charge in [-0.1, -0.05) is 0 Å². The van der Waals surface area contributed by atoms with Gasteiger partial charge in [0, 0.05) is 13.2 Å². The number of aliphatic hydroxyl groups excluding tert-OH is 1. The van der Waals surface area contributed by atoms with E-state index in [9.17, 15) is 5.11 Å². The zero-order valence-electron chi connectivity index (χ0n) is 8.40. The highest BCUT2D eigenvalue weighted by Crippen LogP contribution is 2.31. The highest BCUT2D eigenvalue weighted by Gasteiger charge is 2.26. The lowest BCUT2D eigenvalue weighted by molar-refractivity contribution is -0.00138. The molecule has 1 aromatic rings. The van der Waals surface area contributed by atoms with Crippen molar-refractivity contribution in [3.05, 3.63) is 23.7 Å². The normalized spacial score (nSPS) is 21.0. The van der Waals surface area contributed by atoms with Crippen molar-refractivity contribution in [3.8, 4) is 0 Å². The Labute approximate surface area is 83.7 Å². The molecule has 1 saturated heterocycles. The van der Waals surface area contributed by atoms with Gasteiger partial charge < -0.3 is 14.3 Å². The van der Waals surface area contributed by atoms with Crippen molar-refractivity contribution in [3.63, 3.8) is 0 Å². The molecule has 3 heteroatoms. The molecule has 0 aromatic carbocycles. The highest BCUT2D eigenvalue weighted by molar-refractivity contribution is 5.17. The minimum Gasteiger partial charge on any atom is -0.466 e. The second-order valence-electron chi connectivity index (χ2n) is 3.86. The first-order valence-electron chi connectivity index (χ1n) is 5.09. The number of furan rings is 1. The van der Waals surface area contributed by atoms with Gasteiger partial charge in [-0.05, 0) is 37.3 Å². The Kier molecular flexibility index (Phi) is 2.89. The van der Waals surface area contributed by atoms with Crippen LogP contribution in [0, 0.1) is 12.8 Å². The lowest BCUT2D eigenvalue weighted by atomic mass is 9.91. The van der Waals surface area contributed by atoms with E-state index in [2.05, 4.69) is 0 Å². The van der Waals surface area contributed by atoms with Gasteiger partial charge in [-0.25, -0.2) is 0 Å². The molecule has 1 aromatic heterocycles. The molecular formula is C11H16O3. The smallest absolute Gasteiger partial charge is 0.135 e. The van der Waals surface area contributed by atoms with Gasteiger partial charge in [-0.3, -0.25) is 0 Å². The van der Waals surface area contributed by atoms with E-state index in [0.717, 1.165) is 37.4 Å². The molecular weight excluding hydrogens is 180 g/mol. The maximum atomic E-state index is 10.1. The van der Waals surface area contributed by atoms with E-state index in [4.69, 9.17) is 9.15 Å². The second kappa shape index (κ2) is 4.15. The van der Waals surface area contributed by atoms with Gasteiger partial charge >= 0.3 is 0 Å². The number of rotatable bonds is 2. The van der Waals surface area contributed by atoms with Crippen molar-refractivity contribution in [2.45, 2.75) is 25.9 Å². The van der Waals surface area contributed by atoms with Gasteiger partial charge in [0.1, 0.15) is 11.9 Å². The molecule has 1 N–H and O–H groups in total. The van der Waals surface area contributed by atoms with Crippen molar-refractivity contribution < 1.29 is 14.3 Å². The third-order valence-corrected chi connectivity index (χ3v) is 2.88. The van der Waals surface area contributed by atoms with Crippen molar-refractivity contribution >= 4 is 0 Å². The van der Waals surface area contributed by atoms with Crippen molar-refractivity contribution in [2.24, 2.45) is 5.92 Å². The minimum atomic E-state index is -0.464. The number of aryl methyl sites for hydroxylation is 1. The summed E-state index contributed by atoms with van der Waals surface area (Å²) in [6.45, 7) is 3.46. The zero-order chi connectivity index (χ0) is 9.97. The van der Waals surface area contributed by atoms with Crippen LogP contribution in [0.1, 0.15) is 30.3 Å². The van der Waals surface area contributed by atoms with Crippen molar-refractivity contribution in [1.29, 1.82) is 0 Å². The maximum Gasteiger partial charge on any atom is 0.135 e. The van der Waals surface area contributed by atoms with E-state index in [0.29, 0.717) is 0 Å². The van der Waals surface area contributed by atoms with Crippen LogP contribution in [0.15, 0.2) is 16.7 Å². The predicted octanol–water partition coefficient (Wildman–Crippen LogP) is 2.05. The SMILES string of the molecule is Cc1ccoc1C(O)C1CCOCC1. The van der Waals surface area contributed by atoms with E-state index in [-0.39, 0.29) is 5.92 Å². The molecule has 0 amide bonds. The number of ether oxygens (including phenoxy) is 1. The molecule has 1 aliphatic heterocycles. The molecule has 2 heterocycles. The van der Waals surface area contributed by atoms with Crippen LogP contribution in [0.5, 0.6) is 0 Å². The van der Waals surface area contributed by atoms with E-state index in [1.54, 1.807) is 6.26 Å². The fraction of sp³-hybridized carbons (Fsp3) is 0.636. The monoisotopic (exact) mass is 196 g/mol. The molecule has 0 radical (unpaired) electrons. The third-order valence-electron chi connectivity index (χ3n) is 2.88. The Morgan fingerprint density at radius 1 is 1.43 bits per heavy atom. The van der Waals surface area contributed by atoms with Crippen LogP contribution in [0.25, 0.3) is 0 Å². The Bertz CT molecular complexity index is 286. The molecule has 14 heavy (non-hydrogen) atoms. The van der Waals surface area contributed by atoms with Gasteiger partial charge in [-0.15, -0.1) is 0 Å². The number of hydrogen-bond acceptors (Lipinski definition) is 3. The Morgan fingerprint density at radius 3 is 2.71 bits per heavy atom. The molecule has 1 aliphatic rings. The van der Waals surface area contributed by atoms with Crippen LogP contribution in [-0.4, -0.2) is 18.3 Å². The molecule has 3 nitrogen and oxygen atoms in total. The Balaban J connectivity index is 2.07. The molecule has 0 aliphatic carbocycles. The average Bonchev–Trinajstić information content (AvgIpc) is 2.65. The summed E-state index contributed by atoms with van der Waals surface area (Å²) in [7, 11) is 0. The molecule has 78 valence electrons. The van der Waals surface area contributed by atoms with Crippen LogP contribution in [-0.2, 0) is 4.74 Å². The largest absolute Gasteiger partial charge is 0.466 e. The molecule has 1 atom stereocenters. The van der Waals surface area contributed by atoms with Gasteiger partial charge in [-0.2, -0.15) is 0 Å². The first-order chi connectivity index (χ1) is 6.79. The Morgan fingerprint density at radius 2 is 2.14 bits per heavy atom. The van der Waals surface area contributed by atoms with Gasteiger partial charge in [0.05, 0.1) is 6.26 Å². The van der Waals surface area contributed by atoms with Crippen LogP contribution in [0.3, 0.4) is 0 Å². The summed E-state index contributed by atoms with van der Waals surface area (Å²) in [5, 5.41) is 10.1. The number of aliphatic hydroxyl groups is 1. The summed E-state index contributed by atoms with van der Waals surface area (Å²) in [5.74, 6) is 1.01. The number of hydrogen-bond donors (Lipinski definition) is 1. The molecule has 1 fully saturated rings. The van der Waals surface area contributed by atoms with Gasteiger partial charge in [0.15, 0.2) is 0 Å².